The second kappa shape index (κ2) is 6.64. The van der Waals surface area contributed by atoms with Gasteiger partial charge in [-0.25, -0.2) is 0 Å². The number of carbonyl (C=O) groups excluding carboxylic acids is 1. The Hall–Kier alpha value is -2.14. The van der Waals surface area contributed by atoms with E-state index in [1.165, 1.54) is 11.1 Å². The molecule has 1 unspecified atom stereocenters. The lowest BCUT2D eigenvalue weighted by atomic mass is 9.95. The summed E-state index contributed by atoms with van der Waals surface area (Å²) >= 11 is 0. The number of amides is 1. The average molecular weight is 339 g/mol. The molecule has 1 amide bonds. The Bertz CT molecular complexity index is 758. The van der Waals surface area contributed by atoms with Crippen LogP contribution >= 0.6 is 0 Å². The maximum atomic E-state index is 12.9. The lowest BCUT2D eigenvalue weighted by molar-refractivity contribution is -0.133. The molecule has 1 aromatic carbocycles. The second-order valence-electron chi connectivity index (χ2n) is 7.39. The number of rotatable bonds is 4. The molecule has 0 saturated heterocycles. The summed E-state index contributed by atoms with van der Waals surface area (Å²) in [5, 5.41) is 4.57. The first kappa shape index (κ1) is 16.3. The van der Waals surface area contributed by atoms with Gasteiger partial charge in [-0.3, -0.25) is 9.48 Å². The number of hydrogen-bond acceptors (Lipinski definition) is 3. The molecule has 4 rings (SSSR count). The fourth-order valence-corrected chi connectivity index (χ4v) is 4.34. The molecule has 0 spiro atoms. The summed E-state index contributed by atoms with van der Waals surface area (Å²) in [7, 11) is 3.64. The highest BCUT2D eigenvalue weighted by atomic mass is 16.5. The van der Waals surface area contributed by atoms with E-state index in [0.717, 1.165) is 24.1 Å². The Labute approximate surface area is 148 Å². The zero-order chi connectivity index (χ0) is 17.4. The number of benzene rings is 1. The van der Waals surface area contributed by atoms with Crippen molar-refractivity contribution in [3.63, 3.8) is 0 Å². The molecule has 132 valence electrons. The highest BCUT2D eigenvalue weighted by molar-refractivity contribution is 5.77. The average Bonchev–Trinajstić information content (AvgIpc) is 3.16. The molecule has 1 aromatic heterocycles. The van der Waals surface area contributed by atoms with Crippen molar-refractivity contribution >= 4 is 5.91 Å². The van der Waals surface area contributed by atoms with Crippen molar-refractivity contribution in [1.29, 1.82) is 0 Å². The third-order valence-electron chi connectivity index (χ3n) is 5.45. The molecule has 1 aliphatic heterocycles. The number of nitrogens with zero attached hydrogens (tertiary/aromatic N) is 3. The first-order valence-electron chi connectivity index (χ1n) is 9.00. The van der Waals surface area contributed by atoms with E-state index in [0.29, 0.717) is 32.0 Å². The molecular weight excluding hydrogens is 314 g/mol. The molecular formula is C20H25N3O2. The number of methoxy groups -OCH3 is 1. The van der Waals surface area contributed by atoms with Gasteiger partial charge in [0.05, 0.1) is 12.3 Å². The zero-order valence-corrected chi connectivity index (χ0v) is 14.9. The van der Waals surface area contributed by atoms with Crippen LogP contribution in [0.5, 0.6) is 0 Å². The Kier molecular flexibility index (Phi) is 4.34. The molecule has 2 heterocycles. The highest BCUT2D eigenvalue weighted by Gasteiger charge is 2.32. The number of fused-ring (bicyclic) bond motifs is 2. The van der Waals surface area contributed by atoms with Gasteiger partial charge < -0.3 is 9.64 Å². The van der Waals surface area contributed by atoms with Gasteiger partial charge in [-0.05, 0) is 29.9 Å². The van der Waals surface area contributed by atoms with Gasteiger partial charge in [0.15, 0.2) is 0 Å². The lowest BCUT2D eigenvalue weighted by Gasteiger charge is -2.32. The molecule has 2 aromatic rings. The van der Waals surface area contributed by atoms with E-state index in [9.17, 15) is 4.79 Å². The zero-order valence-electron chi connectivity index (χ0n) is 14.9. The molecule has 0 fully saturated rings. The normalized spacial score (nSPS) is 19.8. The topological polar surface area (TPSA) is 47.4 Å². The van der Waals surface area contributed by atoms with Crippen LogP contribution < -0.4 is 0 Å². The van der Waals surface area contributed by atoms with Gasteiger partial charge in [0.1, 0.15) is 0 Å². The van der Waals surface area contributed by atoms with E-state index in [4.69, 9.17) is 4.74 Å². The van der Waals surface area contributed by atoms with Crippen LogP contribution in [0.1, 0.15) is 34.7 Å². The summed E-state index contributed by atoms with van der Waals surface area (Å²) < 4.78 is 7.21. The van der Waals surface area contributed by atoms with Crippen LogP contribution in [0.25, 0.3) is 0 Å². The largest absolute Gasteiger partial charge is 0.384 e. The molecule has 0 N–H and O–H groups in total. The number of hydrogen-bond donors (Lipinski definition) is 0. The maximum Gasteiger partial charge on any atom is 0.223 e. The first-order chi connectivity index (χ1) is 12.1. The van der Waals surface area contributed by atoms with Gasteiger partial charge >= 0.3 is 0 Å². The summed E-state index contributed by atoms with van der Waals surface area (Å²) in [6.45, 7) is 1.97. The van der Waals surface area contributed by atoms with Crippen LogP contribution in [0.4, 0.5) is 0 Å². The van der Waals surface area contributed by atoms with Gasteiger partial charge in [0.25, 0.3) is 0 Å². The monoisotopic (exact) mass is 339 g/mol. The summed E-state index contributed by atoms with van der Waals surface area (Å²) in [5.41, 5.74) is 5.05. The van der Waals surface area contributed by atoms with Crippen molar-refractivity contribution in [3.05, 3.63) is 52.8 Å². The van der Waals surface area contributed by atoms with Crippen molar-refractivity contribution in [2.24, 2.45) is 13.0 Å². The summed E-state index contributed by atoms with van der Waals surface area (Å²) in [4.78, 5) is 14.9. The van der Waals surface area contributed by atoms with Gasteiger partial charge in [-0.1, -0.05) is 24.3 Å². The van der Waals surface area contributed by atoms with Crippen molar-refractivity contribution in [2.75, 3.05) is 20.3 Å². The summed E-state index contributed by atoms with van der Waals surface area (Å²) in [5.74, 6) is 0.856. The highest BCUT2D eigenvalue weighted by Crippen LogP contribution is 2.31. The minimum atomic E-state index is 0.166. The summed E-state index contributed by atoms with van der Waals surface area (Å²) in [6, 6.07) is 8.56. The van der Waals surface area contributed by atoms with Crippen LogP contribution in [0, 0.1) is 5.92 Å². The second-order valence-corrected chi connectivity index (χ2v) is 7.39. The van der Waals surface area contributed by atoms with Gasteiger partial charge in [-0.2, -0.15) is 5.10 Å². The van der Waals surface area contributed by atoms with E-state index >= 15 is 0 Å². The minimum Gasteiger partial charge on any atom is -0.384 e. The smallest absolute Gasteiger partial charge is 0.223 e. The lowest BCUT2D eigenvalue weighted by Crippen LogP contribution is -2.40. The Balaban J connectivity index is 1.44. The standard InChI is InChI=1S/C20H25N3O2/c1-22-10-17-11-23(12-18(13-25-2)20(17)21-22)19(24)9-14-7-15-5-3-4-6-16(15)8-14/h3-6,10,14,18H,7-9,11-13H2,1-2H3. The third-order valence-corrected chi connectivity index (χ3v) is 5.45. The number of carbonyl (C=O) groups is 1. The molecule has 0 radical (unpaired) electrons. The number of ether oxygens (including phenoxy) is 1. The quantitative estimate of drug-likeness (QED) is 0.859. The Morgan fingerprint density at radius 3 is 2.64 bits per heavy atom. The van der Waals surface area contributed by atoms with E-state index in [1.807, 2.05) is 22.8 Å². The van der Waals surface area contributed by atoms with Crippen LogP contribution in [0.2, 0.25) is 0 Å². The van der Waals surface area contributed by atoms with Crippen LogP contribution in [0.3, 0.4) is 0 Å². The van der Waals surface area contributed by atoms with Crippen LogP contribution in [-0.4, -0.2) is 40.8 Å². The SMILES string of the molecule is COCC1CN(C(=O)CC2Cc3ccccc3C2)Cc2cn(C)nc21. The minimum absolute atomic E-state index is 0.166. The van der Waals surface area contributed by atoms with E-state index in [1.54, 1.807) is 7.11 Å². The summed E-state index contributed by atoms with van der Waals surface area (Å²) in [6.07, 6.45) is 4.71. The fourth-order valence-electron chi connectivity index (χ4n) is 4.34. The molecule has 0 bridgehead atoms. The number of aryl methyl sites for hydroxylation is 1. The van der Waals surface area contributed by atoms with E-state index < -0.39 is 0 Å². The van der Waals surface area contributed by atoms with Crippen LogP contribution in [-0.2, 0) is 36.0 Å². The van der Waals surface area contributed by atoms with Crippen molar-refractivity contribution in [3.8, 4) is 0 Å². The molecule has 2 aliphatic rings. The Morgan fingerprint density at radius 1 is 1.24 bits per heavy atom. The first-order valence-corrected chi connectivity index (χ1v) is 9.00. The predicted molar refractivity (Wildman–Crippen MR) is 95.2 cm³/mol. The fraction of sp³-hybridized carbons (Fsp3) is 0.500. The number of aromatic nitrogens is 2. The van der Waals surface area contributed by atoms with Gasteiger partial charge in [0.2, 0.25) is 5.91 Å². The van der Waals surface area contributed by atoms with E-state index in [2.05, 4.69) is 29.4 Å². The third kappa shape index (κ3) is 3.21. The molecule has 25 heavy (non-hydrogen) atoms. The molecule has 1 aliphatic carbocycles. The van der Waals surface area contributed by atoms with Gasteiger partial charge in [-0.15, -0.1) is 0 Å². The van der Waals surface area contributed by atoms with Crippen molar-refractivity contribution in [1.82, 2.24) is 14.7 Å². The van der Waals surface area contributed by atoms with Gasteiger partial charge in [0, 0.05) is 51.3 Å². The predicted octanol–water partition coefficient (Wildman–Crippen LogP) is 2.30. The molecule has 5 heteroatoms. The Morgan fingerprint density at radius 2 is 1.96 bits per heavy atom. The van der Waals surface area contributed by atoms with E-state index in [-0.39, 0.29) is 11.8 Å². The van der Waals surface area contributed by atoms with Crippen molar-refractivity contribution < 1.29 is 9.53 Å². The van der Waals surface area contributed by atoms with Crippen LogP contribution in [0.15, 0.2) is 30.5 Å². The maximum absolute atomic E-state index is 12.9. The molecule has 5 nitrogen and oxygen atoms in total. The molecule has 0 saturated carbocycles. The van der Waals surface area contributed by atoms with Crippen molar-refractivity contribution in [2.45, 2.75) is 31.7 Å². The molecule has 1 atom stereocenters.